The van der Waals surface area contributed by atoms with Gasteiger partial charge in [-0.3, -0.25) is 0 Å². The van der Waals surface area contributed by atoms with Crippen molar-refractivity contribution in [1.82, 2.24) is 9.55 Å². The summed E-state index contributed by atoms with van der Waals surface area (Å²) in [5.41, 5.74) is 1.07. The molecule has 130 valence electrons. The molecule has 1 saturated carbocycles. The van der Waals surface area contributed by atoms with Gasteiger partial charge in [-0.1, -0.05) is 0 Å². The molecule has 3 rings (SSSR count). The number of ether oxygens (including phenoxy) is 1. The van der Waals surface area contributed by atoms with Crippen LogP contribution in [-0.2, 0) is 6.54 Å². The van der Waals surface area contributed by atoms with Crippen LogP contribution in [0.15, 0.2) is 36.7 Å². The summed E-state index contributed by atoms with van der Waals surface area (Å²) >= 11 is 0. The fraction of sp³-hybridized carbons (Fsp3) is 0.526. The van der Waals surface area contributed by atoms with Crippen LogP contribution in [0, 0.1) is 11.8 Å². The van der Waals surface area contributed by atoms with Gasteiger partial charge in [-0.25, -0.2) is 4.98 Å². The maximum absolute atomic E-state index is 9.26. The van der Waals surface area contributed by atoms with Crippen LogP contribution < -0.4 is 4.74 Å². The Balaban J connectivity index is 1.64. The zero-order valence-electron chi connectivity index (χ0n) is 14.0. The molecule has 5 heteroatoms. The van der Waals surface area contributed by atoms with Gasteiger partial charge >= 0.3 is 0 Å². The lowest BCUT2D eigenvalue weighted by atomic mass is 9.82. The summed E-state index contributed by atoms with van der Waals surface area (Å²) in [4.78, 5) is 4.52. The summed E-state index contributed by atoms with van der Waals surface area (Å²) in [6, 6.07) is 7.84. The first-order valence-corrected chi connectivity index (χ1v) is 8.76. The highest BCUT2D eigenvalue weighted by atomic mass is 16.5. The van der Waals surface area contributed by atoms with Crippen LogP contribution in [0.5, 0.6) is 5.75 Å². The zero-order chi connectivity index (χ0) is 16.8. The monoisotopic (exact) mass is 330 g/mol. The van der Waals surface area contributed by atoms with Crippen LogP contribution >= 0.6 is 0 Å². The smallest absolute Gasteiger partial charge is 0.139 e. The number of aliphatic hydroxyl groups is 2. The van der Waals surface area contributed by atoms with Gasteiger partial charge in [0, 0.05) is 31.1 Å². The van der Waals surface area contributed by atoms with Crippen molar-refractivity contribution in [2.45, 2.75) is 32.2 Å². The first kappa shape index (κ1) is 17.0. The molecule has 0 spiro atoms. The second kappa shape index (κ2) is 8.31. The van der Waals surface area contributed by atoms with E-state index in [1.54, 1.807) is 0 Å². The Labute approximate surface area is 142 Å². The minimum absolute atomic E-state index is 0.0185. The number of nitrogens with zero attached hydrogens (tertiary/aromatic N) is 2. The van der Waals surface area contributed by atoms with Gasteiger partial charge in [0.15, 0.2) is 0 Å². The number of hydrogen-bond donors (Lipinski definition) is 2. The highest BCUT2D eigenvalue weighted by molar-refractivity contribution is 5.56. The third kappa shape index (κ3) is 4.16. The second-order valence-electron chi connectivity index (χ2n) is 6.57. The second-order valence-corrected chi connectivity index (χ2v) is 6.57. The minimum Gasteiger partial charge on any atom is -0.491 e. The van der Waals surface area contributed by atoms with E-state index in [4.69, 9.17) is 9.84 Å². The lowest BCUT2D eigenvalue weighted by Gasteiger charge is -2.27. The fourth-order valence-electron chi connectivity index (χ4n) is 3.46. The SMILES string of the molecule is OCCOc1ccc(-c2nccn2CC2CCC(CO)CC2)cc1. The Morgan fingerprint density at radius 2 is 1.75 bits per heavy atom. The van der Waals surface area contributed by atoms with E-state index < -0.39 is 0 Å². The van der Waals surface area contributed by atoms with Crippen molar-refractivity contribution >= 4 is 0 Å². The van der Waals surface area contributed by atoms with Crippen LogP contribution in [0.1, 0.15) is 25.7 Å². The average Bonchev–Trinajstić information content (AvgIpc) is 3.09. The van der Waals surface area contributed by atoms with E-state index in [9.17, 15) is 5.11 Å². The van der Waals surface area contributed by atoms with Gasteiger partial charge in [0.2, 0.25) is 0 Å². The molecule has 1 aliphatic rings. The van der Waals surface area contributed by atoms with E-state index in [1.807, 2.05) is 36.7 Å². The summed E-state index contributed by atoms with van der Waals surface area (Å²) in [6.07, 6.45) is 8.51. The Kier molecular flexibility index (Phi) is 5.88. The Morgan fingerprint density at radius 1 is 1.04 bits per heavy atom. The largest absolute Gasteiger partial charge is 0.491 e. The average molecular weight is 330 g/mol. The number of aliphatic hydroxyl groups excluding tert-OH is 2. The molecular weight excluding hydrogens is 304 g/mol. The molecule has 1 aromatic heterocycles. The molecule has 1 aliphatic carbocycles. The van der Waals surface area contributed by atoms with E-state index in [1.165, 1.54) is 12.8 Å². The highest BCUT2D eigenvalue weighted by Gasteiger charge is 2.21. The topological polar surface area (TPSA) is 67.5 Å². The molecule has 0 amide bonds. The van der Waals surface area contributed by atoms with Crippen molar-refractivity contribution in [2.75, 3.05) is 19.8 Å². The van der Waals surface area contributed by atoms with Gasteiger partial charge in [-0.15, -0.1) is 0 Å². The maximum atomic E-state index is 9.26. The molecule has 24 heavy (non-hydrogen) atoms. The standard InChI is InChI=1S/C19H26N2O3/c22-11-12-24-18-7-5-17(6-8-18)19-20-9-10-21(19)13-15-1-3-16(14-23)4-2-15/h5-10,15-16,22-23H,1-4,11-14H2. The molecule has 0 saturated heterocycles. The summed E-state index contributed by atoms with van der Waals surface area (Å²) in [7, 11) is 0. The molecule has 2 aromatic rings. The Hall–Kier alpha value is -1.85. The first-order valence-electron chi connectivity index (χ1n) is 8.76. The lowest BCUT2D eigenvalue weighted by molar-refractivity contribution is 0.161. The first-order chi connectivity index (χ1) is 11.8. The summed E-state index contributed by atoms with van der Waals surface area (Å²) in [5.74, 6) is 2.89. The molecule has 0 aliphatic heterocycles. The van der Waals surface area contributed by atoms with E-state index in [-0.39, 0.29) is 6.61 Å². The van der Waals surface area contributed by atoms with Gasteiger partial charge < -0.3 is 19.5 Å². The maximum Gasteiger partial charge on any atom is 0.139 e. The van der Waals surface area contributed by atoms with Gasteiger partial charge in [-0.2, -0.15) is 0 Å². The van der Waals surface area contributed by atoms with E-state index in [0.29, 0.717) is 25.0 Å². The number of aromatic nitrogens is 2. The van der Waals surface area contributed by atoms with Crippen LogP contribution in [-0.4, -0.2) is 39.6 Å². The molecule has 5 nitrogen and oxygen atoms in total. The predicted molar refractivity (Wildman–Crippen MR) is 92.8 cm³/mol. The van der Waals surface area contributed by atoms with Crippen molar-refractivity contribution in [1.29, 1.82) is 0 Å². The molecule has 1 aromatic carbocycles. The molecule has 0 atom stereocenters. The van der Waals surface area contributed by atoms with Gasteiger partial charge in [0.1, 0.15) is 18.2 Å². The van der Waals surface area contributed by atoms with Crippen molar-refractivity contribution in [2.24, 2.45) is 11.8 Å². The van der Waals surface area contributed by atoms with Crippen molar-refractivity contribution in [3.8, 4) is 17.1 Å². The quantitative estimate of drug-likeness (QED) is 0.819. The van der Waals surface area contributed by atoms with Gasteiger partial charge in [0.25, 0.3) is 0 Å². The number of imidazole rings is 1. The van der Waals surface area contributed by atoms with E-state index >= 15 is 0 Å². The van der Waals surface area contributed by atoms with E-state index in [0.717, 1.165) is 36.5 Å². The lowest BCUT2D eigenvalue weighted by Crippen LogP contribution is -2.20. The van der Waals surface area contributed by atoms with E-state index in [2.05, 4.69) is 9.55 Å². The van der Waals surface area contributed by atoms with Gasteiger partial charge in [0.05, 0.1) is 6.61 Å². The Bertz CT molecular complexity index is 616. The predicted octanol–water partition coefficient (Wildman–Crippen LogP) is 2.72. The number of benzene rings is 1. The molecule has 0 radical (unpaired) electrons. The minimum atomic E-state index is 0.0185. The van der Waals surface area contributed by atoms with Gasteiger partial charge in [-0.05, 0) is 61.8 Å². The van der Waals surface area contributed by atoms with Crippen molar-refractivity contribution in [3.05, 3.63) is 36.7 Å². The van der Waals surface area contributed by atoms with Crippen LogP contribution in [0.4, 0.5) is 0 Å². The number of rotatable bonds is 7. The molecule has 2 N–H and O–H groups in total. The van der Waals surface area contributed by atoms with Crippen LogP contribution in [0.3, 0.4) is 0 Å². The Morgan fingerprint density at radius 3 is 2.42 bits per heavy atom. The molecule has 0 bridgehead atoms. The third-order valence-electron chi connectivity index (χ3n) is 4.87. The number of hydrogen-bond acceptors (Lipinski definition) is 4. The molecule has 1 fully saturated rings. The third-order valence-corrected chi connectivity index (χ3v) is 4.87. The fourth-order valence-corrected chi connectivity index (χ4v) is 3.46. The van der Waals surface area contributed by atoms with Crippen molar-refractivity contribution < 1.29 is 14.9 Å². The normalized spacial score (nSPS) is 20.9. The van der Waals surface area contributed by atoms with Crippen LogP contribution in [0.2, 0.25) is 0 Å². The summed E-state index contributed by atoms with van der Waals surface area (Å²) in [6.45, 7) is 1.64. The zero-order valence-corrected chi connectivity index (χ0v) is 14.0. The van der Waals surface area contributed by atoms with Crippen LogP contribution in [0.25, 0.3) is 11.4 Å². The summed E-state index contributed by atoms with van der Waals surface area (Å²) in [5, 5.41) is 18.1. The van der Waals surface area contributed by atoms with Crippen molar-refractivity contribution in [3.63, 3.8) is 0 Å². The molecular formula is C19H26N2O3. The molecule has 0 unspecified atom stereocenters. The summed E-state index contributed by atoms with van der Waals surface area (Å²) < 4.78 is 7.63. The molecule has 1 heterocycles. The highest BCUT2D eigenvalue weighted by Crippen LogP contribution is 2.31.